The molecule has 7 rings (SSSR count). The molecule has 1 saturated heterocycles. The predicted octanol–water partition coefficient (Wildman–Crippen LogP) is 4.00. The summed E-state index contributed by atoms with van der Waals surface area (Å²) in [5.41, 5.74) is 2.69. The summed E-state index contributed by atoms with van der Waals surface area (Å²) in [6.07, 6.45) is 9.61. The summed E-state index contributed by atoms with van der Waals surface area (Å²) < 4.78 is 6.20. The molecule has 0 N–H and O–H groups in total. The summed E-state index contributed by atoms with van der Waals surface area (Å²) in [6, 6.07) is 0. The van der Waals surface area contributed by atoms with Crippen molar-refractivity contribution < 1.29 is 9.53 Å². The number of hydrogen-bond acceptors (Lipinski definition) is 2. The highest BCUT2D eigenvalue weighted by Crippen LogP contribution is 2.83. The third-order valence-corrected chi connectivity index (χ3v) is 10.3. The van der Waals surface area contributed by atoms with Crippen molar-refractivity contribution in [2.45, 2.75) is 58.0 Å². The molecule has 24 heavy (non-hydrogen) atoms. The van der Waals surface area contributed by atoms with Gasteiger partial charge in [0, 0.05) is 11.8 Å². The minimum atomic E-state index is 0.303. The average Bonchev–Trinajstić information content (AvgIpc) is 3.41. The van der Waals surface area contributed by atoms with Crippen molar-refractivity contribution >= 4 is 5.78 Å². The van der Waals surface area contributed by atoms with Crippen molar-refractivity contribution in [3.05, 3.63) is 11.6 Å². The van der Waals surface area contributed by atoms with Crippen LogP contribution in [0.25, 0.3) is 0 Å². The van der Waals surface area contributed by atoms with E-state index in [1.165, 1.54) is 25.7 Å². The molecule has 5 saturated carbocycles. The van der Waals surface area contributed by atoms with E-state index in [9.17, 15) is 4.79 Å². The number of allylic oxidation sites excluding steroid dienone is 1. The third kappa shape index (κ3) is 1.22. The Morgan fingerprint density at radius 2 is 1.96 bits per heavy atom. The van der Waals surface area contributed by atoms with Gasteiger partial charge in [-0.15, -0.1) is 0 Å². The molecule has 1 aliphatic heterocycles. The normalized spacial score (nSPS) is 67.5. The highest BCUT2D eigenvalue weighted by Gasteiger charge is 2.83. The molecule has 1 heterocycles. The summed E-state index contributed by atoms with van der Waals surface area (Å²) >= 11 is 0. The van der Waals surface area contributed by atoms with Gasteiger partial charge in [-0.1, -0.05) is 19.4 Å². The molecule has 0 amide bonds. The lowest BCUT2D eigenvalue weighted by Gasteiger charge is -2.58. The van der Waals surface area contributed by atoms with E-state index in [1.54, 1.807) is 5.57 Å². The Balaban J connectivity index is 1.36. The van der Waals surface area contributed by atoms with Gasteiger partial charge in [0.1, 0.15) is 5.60 Å². The fourth-order valence-electron chi connectivity index (χ4n) is 9.11. The molecule has 0 radical (unpaired) electrons. The van der Waals surface area contributed by atoms with Crippen LogP contribution in [0.5, 0.6) is 0 Å². The van der Waals surface area contributed by atoms with Crippen molar-refractivity contribution in [2.24, 2.45) is 52.3 Å². The van der Waals surface area contributed by atoms with Crippen LogP contribution in [0.1, 0.15) is 52.4 Å². The first kappa shape index (κ1) is 13.6. The summed E-state index contributed by atoms with van der Waals surface area (Å²) in [5.74, 6) is 6.65. The van der Waals surface area contributed by atoms with Crippen LogP contribution in [0.2, 0.25) is 0 Å². The van der Waals surface area contributed by atoms with E-state index < -0.39 is 0 Å². The second-order valence-electron chi connectivity index (χ2n) is 10.8. The number of rotatable bonds is 0. The van der Waals surface area contributed by atoms with Crippen LogP contribution in [0.4, 0.5) is 0 Å². The largest absolute Gasteiger partial charge is 0.369 e. The molecule has 10 atom stereocenters. The van der Waals surface area contributed by atoms with Crippen molar-refractivity contribution in [1.82, 2.24) is 0 Å². The Hall–Kier alpha value is -0.630. The SMILES string of the molecule is C[C@]12CCC(=O)C=C1C1CC1C1C2CC[C@@]2(C)C1C1CC1[C@@]21CO1. The molecule has 2 nitrogen and oxygen atoms in total. The monoisotopic (exact) mass is 324 g/mol. The first-order valence-electron chi connectivity index (χ1n) is 10.4. The topological polar surface area (TPSA) is 29.6 Å². The van der Waals surface area contributed by atoms with Crippen LogP contribution in [-0.2, 0) is 9.53 Å². The maximum atomic E-state index is 12.1. The molecule has 6 fully saturated rings. The first-order chi connectivity index (χ1) is 11.5. The summed E-state index contributed by atoms with van der Waals surface area (Å²) in [7, 11) is 0. The fraction of sp³-hybridized carbons (Fsp3) is 0.864. The van der Waals surface area contributed by atoms with Crippen LogP contribution in [0.3, 0.4) is 0 Å². The van der Waals surface area contributed by atoms with Crippen molar-refractivity contribution in [3.8, 4) is 0 Å². The number of ether oxygens (including phenoxy) is 1. The molecule has 0 bridgehead atoms. The van der Waals surface area contributed by atoms with Crippen LogP contribution >= 0.6 is 0 Å². The lowest BCUT2D eigenvalue weighted by atomic mass is 9.46. The van der Waals surface area contributed by atoms with Crippen LogP contribution in [0, 0.1) is 52.3 Å². The van der Waals surface area contributed by atoms with Gasteiger partial charge in [-0.3, -0.25) is 4.79 Å². The number of fused-ring (bicyclic) bond motifs is 12. The maximum Gasteiger partial charge on any atom is 0.155 e. The molecule has 1 spiro atoms. The van der Waals surface area contributed by atoms with Crippen molar-refractivity contribution in [2.75, 3.05) is 6.61 Å². The van der Waals surface area contributed by atoms with Gasteiger partial charge in [0.2, 0.25) is 0 Å². The molecule has 2 heteroatoms. The minimum Gasteiger partial charge on any atom is -0.369 e. The van der Waals surface area contributed by atoms with E-state index in [-0.39, 0.29) is 0 Å². The molecule has 128 valence electrons. The number of hydrogen-bond donors (Lipinski definition) is 0. The molecule has 7 aliphatic rings. The van der Waals surface area contributed by atoms with Gasteiger partial charge in [-0.25, -0.2) is 0 Å². The zero-order valence-electron chi connectivity index (χ0n) is 14.9. The molecular weight excluding hydrogens is 296 g/mol. The third-order valence-electron chi connectivity index (χ3n) is 10.3. The van der Waals surface area contributed by atoms with E-state index in [0.29, 0.717) is 22.2 Å². The van der Waals surface area contributed by atoms with E-state index in [1.807, 2.05) is 0 Å². The highest BCUT2D eigenvalue weighted by atomic mass is 16.6. The zero-order valence-corrected chi connectivity index (χ0v) is 14.9. The van der Waals surface area contributed by atoms with E-state index >= 15 is 0 Å². The molecule has 0 aromatic carbocycles. The molecule has 6 aliphatic carbocycles. The second kappa shape index (κ2) is 3.59. The average molecular weight is 324 g/mol. The first-order valence-corrected chi connectivity index (χ1v) is 10.4. The smallest absolute Gasteiger partial charge is 0.155 e. The lowest BCUT2D eigenvalue weighted by molar-refractivity contribution is -0.118. The highest BCUT2D eigenvalue weighted by molar-refractivity contribution is 5.92. The van der Waals surface area contributed by atoms with Crippen LogP contribution < -0.4 is 0 Å². The van der Waals surface area contributed by atoms with Gasteiger partial charge in [0.15, 0.2) is 5.78 Å². The Kier molecular flexibility index (Phi) is 2.03. The minimum absolute atomic E-state index is 0.303. The molecule has 7 unspecified atom stereocenters. The standard InChI is InChI=1S/C22H28O2/c1-20-5-3-11(23)7-16(20)12-8-13(12)18-15(20)4-6-21(2)19(18)14-9-17(14)22(21)10-24-22/h7,12-15,17-19H,3-6,8-10H2,1-2H3/t12?,13?,14?,15?,17?,18?,19?,20-,21+,22+/m1/s1. The zero-order chi connectivity index (χ0) is 16.1. The van der Waals surface area contributed by atoms with Crippen LogP contribution in [-0.4, -0.2) is 18.0 Å². The van der Waals surface area contributed by atoms with Gasteiger partial charge in [0.05, 0.1) is 6.61 Å². The number of carbonyl (C=O) groups excluding carboxylic acids is 1. The summed E-state index contributed by atoms with van der Waals surface area (Å²) in [6.45, 7) is 6.19. The van der Waals surface area contributed by atoms with Gasteiger partial charge in [-0.2, -0.15) is 0 Å². The fourth-order valence-corrected chi connectivity index (χ4v) is 9.11. The Morgan fingerprint density at radius 3 is 2.75 bits per heavy atom. The van der Waals surface area contributed by atoms with E-state index in [2.05, 4.69) is 19.9 Å². The van der Waals surface area contributed by atoms with Gasteiger partial charge >= 0.3 is 0 Å². The molecule has 0 aromatic rings. The van der Waals surface area contributed by atoms with E-state index in [0.717, 1.165) is 60.9 Å². The second-order valence-corrected chi connectivity index (χ2v) is 10.8. The maximum absolute atomic E-state index is 12.1. The van der Waals surface area contributed by atoms with Crippen LogP contribution in [0.15, 0.2) is 11.6 Å². The molecular formula is C22H28O2. The molecule has 0 aromatic heterocycles. The summed E-state index contributed by atoms with van der Waals surface area (Å²) in [4.78, 5) is 12.1. The van der Waals surface area contributed by atoms with Gasteiger partial charge < -0.3 is 4.74 Å². The number of epoxide rings is 1. The Labute approximate surface area is 144 Å². The van der Waals surface area contributed by atoms with E-state index in [4.69, 9.17) is 4.74 Å². The van der Waals surface area contributed by atoms with Crippen molar-refractivity contribution in [1.29, 1.82) is 0 Å². The number of carbonyl (C=O) groups is 1. The predicted molar refractivity (Wildman–Crippen MR) is 90.1 cm³/mol. The van der Waals surface area contributed by atoms with Crippen molar-refractivity contribution in [3.63, 3.8) is 0 Å². The Bertz CT molecular complexity index is 717. The quantitative estimate of drug-likeness (QED) is 0.630. The summed E-state index contributed by atoms with van der Waals surface area (Å²) in [5, 5.41) is 0. The number of ketones is 1. The van der Waals surface area contributed by atoms with Gasteiger partial charge in [0.25, 0.3) is 0 Å². The Morgan fingerprint density at radius 1 is 1.12 bits per heavy atom. The van der Waals surface area contributed by atoms with Gasteiger partial charge in [-0.05, 0) is 85.0 Å². The lowest BCUT2D eigenvalue weighted by Crippen LogP contribution is -2.54.